The lowest BCUT2D eigenvalue weighted by atomic mass is 9.97. The maximum atomic E-state index is 12.2. The van der Waals surface area contributed by atoms with Crippen molar-refractivity contribution in [1.29, 1.82) is 0 Å². The summed E-state index contributed by atoms with van der Waals surface area (Å²) < 4.78 is 0. The van der Waals surface area contributed by atoms with Gasteiger partial charge in [-0.25, -0.2) is 0 Å². The van der Waals surface area contributed by atoms with E-state index in [0.717, 1.165) is 5.71 Å². The highest BCUT2D eigenvalue weighted by atomic mass is 16.4. The third-order valence-corrected chi connectivity index (χ3v) is 3.25. The molecule has 1 atom stereocenters. The van der Waals surface area contributed by atoms with E-state index in [2.05, 4.69) is 5.16 Å². The molecule has 0 bridgehead atoms. The van der Waals surface area contributed by atoms with E-state index in [0.29, 0.717) is 25.1 Å². The molecule has 1 aliphatic heterocycles. The second-order valence-electron chi connectivity index (χ2n) is 4.51. The number of rotatable bonds is 1. The lowest BCUT2D eigenvalue weighted by Crippen LogP contribution is -2.43. The molecule has 1 aliphatic rings. The fraction of sp³-hybridized carbons (Fsp3) is 0.385. The third-order valence-electron chi connectivity index (χ3n) is 3.25. The highest BCUT2D eigenvalue weighted by Crippen LogP contribution is 2.21. The summed E-state index contributed by atoms with van der Waals surface area (Å²) in [6.45, 7) is 2.93. The summed E-state index contributed by atoms with van der Waals surface area (Å²) >= 11 is 0. The first-order chi connectivity index (χ1) is 8.63. The van der Waals surface area contributed by atoms with E-state index in [-0.39, 0.29) is 17.6 Å². The van der Waals surface area contributed by atoms with Gasteiger partial charge < -0.3 is 15.2 Å². The Morgan fingerprint density at radius 1 is 1.44 bits per heavy atom. The van der Waals surface area contributed by atoms with Crippen LogP contribution in [0, 0.1) is 5.92 Å². The number of hydrogen-bond acceptors (Lipinski definition) is 4. The zero-order valence-corrected chi connectivity index (χ0v) is 10.2. The highest BCUT2D eigenvalue weighted by Gasteiger charge is 2.27. The Hall–Kier alpha value is -2.04. The molecule has 0 spiro atoms. The van der Waals surface area contributed by atoms with Crippen molar-refractivity contribution < 1.29 is 15.1 Å². The first kappa shape index (κ1) is 12.4. The zero-order chi connectivity index (χ0) is 13.1. The van der Waals surface area contributed by atoms with Crippen LogP contribution in [0.1, 0.15) is 23.7 Å². The number of carbonyl (C=O) groups is 1. The first-order valence-corrected chi connectivity index (χ1v) is 5.91. The number of phenols is 1. The Bertz CT molecular complexity index is 485. The zero-order valence-electron chi connectivity index (χ0n) is 10.2. The van der Waals surface area contributed by atoms with Gasteiger partial charge in [-0.1, -0.05) is 24.2 Å². The molecule has 1 saturated heterocycles. The molecule has 2 rings (SSSR count). The minimum atomic E-state index is -0.183. The predicted octanol–water partition coefficient (Wildman–Crippen LogP) is 1.70. The number of phenolic OH excluding ortho intramolecular Hbond substituents is 1. The van der Waals surface area contributed by atoms with Crippen molar-refractivity contribution in [1.82, 2.24) is 4.90 Å². The number of para-hydroxylation sites is 1. The van der Waals surface area contributed by atoms with Gasteiger partial charge in [0.2, 0.25) is 0 Å². The maximum Gasteiger partial charge on any atom is 0.257 e. The van der Waals surface area contributed by atoms with Gasteiger partial charge in [-0.05, 0) is 12.1 Å². The van der Waals surface area contributed by atoms with Crippen LogP contribution in [-0.4, -0.2) is 39.9 Å². The first-order valence-electron chi connectivity index (χ1n) is 5.91. The summed E-state index contributed by atoms with van der Waals surface area (Å²) in [7, 11) is 0. The van der Waals surface area contributed by atoms with Crippen LogP contribution in [0.25, 0.3) is 0 Å². The molecule has 0 aromatic heterocycles. The lowest BCUT2D eigenvalue weighted by Gasteiger charge is -2.31. The molecule has 1 fully saturated rings. The molecule has 1 aromatic rings. The normalized spacial score (nSPS) is 22.2. The van der Waals surface area contributed by atoms with Gasteiger partial charge >= 0.3 is 0 Å². The third kappa shape index (κ3) is 2.30. The monoisotopic (exact) mass is 248 g/mol. The van der Waals surface area contributed by atoms with Gasteiger partial charge in [-0.2, -0.15) is 0 Å². The molecule has 1 amide bonds. The van der Waals surface area contributed by atoms with E-state index in [1.165, 1.54) is 6.07 Å². The molecule has 5 nitrogen and oxygen atoms in total. The molecule has 1 heterocycles. The van der Waals surface area contributed by atoms with Crippen molar-refractivity contribution in [2.45, 2.75) is 13.3 Å². The number of nitrogens with zero attached hydrogens (tertiary/aromatic N) is 2. The maximum absolute atomic E-state index is 12.2. The second kappa shape index (κ2) is 5.08. The fourth-order valence-corrected chi connectivity index (χ4v) is 2.18. The minimum Gasteiger partial charge on any atom is -0.507 e. The predicted molar refractivity (Wildman–Crippen MR) is 67.0 cm³/mol. The van der Waals surface area contributed by atoms with E-state index in [4.69, 9.17) is 5.21 Å². The molecule has 5 heteroatoms. The topological polar surface area (TPSA) is 73.1 Å². The summed E-state index contributed by atoms with van der Waals surface area (Å²) in [6, 6.07) is 6.52. The largest absolute Gasteiger partial charge is 0.507 e. The second-order valence-corrected chi connectivity index (χ2v) is 4.51. The van der Waals surface area contributed by atoms with Crippen molar-refractivity contribution in [2.24, 2.45) is 11.1 Å². The Kier molecular flexibility index (Phi) is 3.50. The van der Waals surface area contributed by atoms with Gasteiger partial charge in [0, 0.05) is 25.4 Å². The Morgan fingerprint density at radius 2 is 2.17 bits per heavy atom. The van der Waals surface area contributed by atoms with Crippen LogP contribution in [-0.2, 0) is 0 Å². The van der Waals surface area contributed by atoms with E-state index in [9.17, 15) is 9.90 Å². The van der Waals surface area contributed by atoms with E-state index in [1.54, 1.807) is 23.1 Å². The Balaban J connectivity index is 2.15. The highest BCUT2D eigenvalue weighted by molar-refractivity contribution is 5.98. The molecule has 96 valence electrons. The van der Waals surface area contributed by atoms with Gasteiger partial charge in [0.25, 0.3) is 5.91 Å². The summed E-state index contributed by atoms with van der Waals surface area (Å²) in [5.74, 6) is -0.146. The van der Waals surface area contributed by atoms with Crippen LogP contribution in [0.3, 0.4) is 0 Å². The summed E-state index contributed by atoms with van der Waals surface area (Å²) in [4.78, 5) is 13.9. The van der Waals surface area contributed by atoms with E-state index < -0.39 is 0 Å². The number of likely N-dealkylation sites (tertiary alicyclic amines) is 1. The van der Waals surface area contributed by atoms with Crippen molar-refractivity contribution in [3.63, 3.8) is 0 Å². The number of hydrogen-bond donors (Lipinski definition) is 2. The van der Waals surface area contributed by atoms with Crippen LogP contribution >= 0.6 is 0 Å². The van der Waals surface area contributed by atoms with Gasteiger partial charge in [-0.15, -0.1) is 0 Å². The summed E-state index contributed by atoms with van der Waals surface area (Å²) in [5.41, 5.74) is 1.03. The fourth-order valence-electron chi connectivity index (χ4n) is 2.18. The lowest BCUT2D eigenvalue weighted by molar-refractivity contribution is 0.0731. The van der Waals surface area contributed by atoms with Gasteiger partial charge in [0.1, 0.15) is 5.75 Å². The molecule has 0 saturated carbocycles. The molecule has 18 heavy (non-hydrogen) atoms. The summed E-state index contributed by atoms with van der Waals surface area (Å²) in [6.07, 6.45) is 0.566. The number of amides is 1. The molecule has 0 radical (unpaired) electrons. The number of carbonyl (C=O) groups excluding carboxylic acids is 1. The molecule has 2 N–H and O–H groups in total. The van der Waals surface area contributed by atoms with Crippen LogP contribution in [0.15, 0.2) is 29.4 Å². The van der Waals surface area contributed by atoms with Crippen LogP contribution in [0.5, 0.6) is 5.75 Å². The SMILES string of the molecule is CC1CN(C(=O)c2ccccc2O)CC/C1=N\O. The molecule has 1 aromatic carbocycles. The molecule has 1 unspecified atom stereocenters. The van der Waals surface area contributed by atoms with Crippen molar-refractivity contribution in [3.05, 3.63) is 29.8 Å². The smallest absolute Gasteiger partial charge is 0.257 e. The van der Waals surface area contributed by atoms with Crippen LogP contribution < -0.4 is 0 Å². The molecule has 0 aliphatic carbocycles. The van der Waals surface area contributed by atoms with Gasteiger partial charge in [0.05, 0.1) is 11.3 Å². The summed E-state index contributed by atoms with van der Waals surface area (Å²) in [5, 5.41) is 21.7. The number of benzene rings is 1. The molecular formula is C13H16N2O3. The number of aromatic hydroxyl groups is 1. The van der Waals surface area contributed by atoms with Crippen molar-refractivity contribution in [2.75, 3.05) is 13.1 Å². The average molecular weight is 248 g/mol. The van der Waals surface area contributed by atoms with Gasteiger partial charge in [0.15, 0.2) is 0 Å². The van der Waals surface area contributed by atoms with E-state index in [1.807, 2.05) is 6.92 Å². The quantitative estimate of drug-likeness (QED) is 0.587. The Morgan fingerprint density at radius 3 is 2.78 bits per heavy atom. The standard InChI is InChI=1S/C13H16N2O3/c1-9-8-15(7-6-11(9)14-18)13(17)10-4-2-3-5-12(10)16/h2-5,9,16,18H,6-8H2,1H3/b14-11+. The number of piperidine rings is 1. The molecular weight excluding hydrogens is 232 g/mol. The van der Waals surface area contributed by atoms with Gasteiger partial charge in [-0.3, -0.25) is 4.79 Å². The van der Waals surface area contributed by atoms with Crippen LogP contribution in [0.4, 0.5) is 0 Å². The van der Waals surface area contributed by atoms with E-state index >= 15 is 0 Å². The Labute approximate surface area is 105 Å². The number of oxime groups is 1. The van der Waals surface area contributed by atoms with Crippen LogP contribution in [0.2, 0.25) is 0 Å². The minimum absolute atomic E-state index is 0.00299. The van der Waals surface area contributed by atoms with Crippen molar-refractivity contribution >= 4 is 11.6 Å². The average Bonchev–Trinajstić information content (AvgIpc) is 2.38. The van der Waals surface area contributed by atoms with Crippen molar-refractivity contribution in [3.8, 4) is 5.75 Å².